The lowest BCUT2D eigenvalue weighted by molar-refractivity contribution is 0.182. The van der Waals surface area contributed by atoms with E-state index < -0.39 is 0 Å². The lowest BCUT2D eigenvalue weighted by Gasteiger charge is -2.20. The standard InChI is InChI=1S/C27H27N3O2/c1-29-16-22(14-23(29)17-31)25-15-24(19-9-11-28-12-10-19)26(27(32)30(25)2)21-8-7-18-5-3-4-6-20(18)13-21/h3-13,15,22-23,31H,14,16-17H2,1-2H3. The van der Waals surface area contributed by atoms with Crippen LogP contribution in [0.25, 0.3) is 33.0 Å². The molecule has 0 aliphatic carbocycles. The Balaban J connectivity index is 1.73. The molecule has 4 aromatic rings. The van der Waals surface area contributed by atoms with E-state index in [0.717, 1.165) is 46.1 Å². The van der Waals surface area contributed by atoms with E-state index in [2.05, 4.69) is 40.2 Å². The van der Waals surface area contributed by atoms with Crippen LogP contribution in [0.1, 0.15) is 18.0 Å². The molecule has 5 heteroatoms. The van der Waals surface area contributed by atoms with Gasteiger partial charge < -0.3 is 14.6 Å². The number of hydrogen-bond donors (Lipinski definition) is 1. The largest absolute Gasteiger partial charge is 0.395 e. The van der Waals surface area contributed by atoms with E-state index >= 15 is 0 Å². The number of likely N-dealkylation sites (tertiary alicyclic amines) is 1. The zero-order valence-corrected chi connectivity index (χ0v) is 18.4. The topological polar surface area (TPSA) is 58.4 Å². The predicted octanol–water partition coefficient (Wildman–Crippen LogP) is 4.05. The highest BCUT2D eigenvalue weighted by molar-refractivity contribution is 5.91. The van der Waals surface area contributed by atoms with Gasteiger partial charge in [-0.15, -0.1) is 0 Å². The van der Waals surface area contributed by atoms with E-state index in [1.807, 2.05) is 44.4 Å². The van der Waals surface area contributed by atoms with Gasteiger partial charge in [0.05, 0.1) is 12.2 Å². The lowest BCUT2D eigenvalue weighted by Crippen LogP contribution is -2.28. The molecule has 5 rings (SSSR count). The first-order valence-corrected chi connectivity index (χ1v) is 11.0. The number of rotatable bonds is 4. The maximum absolute atomic E-state index is 13.8. The van der Waals surface area contributed by atoms with Gasteiger partial charge in [-0.25, -0.2) is 0 Å². The number of benzene rings is 2. The summed E-state index contributed by atoms with van der Waals surface area (Å²) in [5.74, 6) is 0.195. The zero-order chi connectivity index (χ0) is 22.2. The number of likely N-dealkylation sites (N-methyl/N-ethyl adjacent to an activating group) is 1. The smallest absolute Gasteiger partial charge is 0.259 e. The predicted molar refractivity (Wildman–Crippen MR) is 129 cm³/mol. The van der Waals surface area contributed by atoms with Crippen molar-refractivity contribution in [1.82, 2.24) is 14.5 Å². The minimum atomic E-state index is -0.000283. The SMILES string of the molecule is CN1CC(c2cc(-c3ccncc3)c(-c3ccc4ccccc4c3)c(=O)n2C)CC1CO. The summed E-state index contributed by atoms with van der Waals surface area (Å²) >= 11 is 0. The molecular weight excluding hydrogens is 398 g/mol. The number of aliphatic hydroxyl groups excluding tert-OH is 1. The van der Waals surface area contributed by atoms with Gasteiger partial charge in [0, 0.05) is 43.6 Å². The van der Waals surface area contributed by atoms with E-state index in [4.69, 9.17) is 0 Å². The van der Waals surface area contributed by atoms with Gasteiger partial charge in [-0.05, 0) is 65.2 Å². The average Bonchev–Trinajstić information content (AvgIpc) is 3.21. The molecule has 0 spiro atoms. The van der Waals surface area contributed by atoms with Crippen LogP contribution in [0.3, 0.4) is 0 Å². The molecule has 2 unspecified atom stereocenters. The fourth-order valence-corrected chi connectivity index (χ4v) is 5.00. The van der Waals surface area contributed by atoms with Crippen LogP contribution in [-0.4, -0.2) is 45.8 Å². The van der Waals surface area contributed by atoms with Crippen LogP contribution >= 0.6 is 0 Å². The molecule has 2 atom stereocenters. The van der Waals surface area contributed by atoms with Gasteiger partial charge in [0.25, 0.3) is 5.56 Å². The Morgan fingerprint density at radius 1 is 0.969 bits per heavy atom. The lowest BCUT2D eigenvalue weighted by atomic mass is 9.91. The highest BCUT2D eigenvalue weighted by atomic mass is 16.3. The van der Waals surface area contributed by atoms with Crippen LogP contribution in [0.4, 0.5) is 0 Å². The van der Waals surface area contributed by atoms with Crippen LogP contribution in [0.2, 0.25) is 0 Å². The Bertz CT molecular complexity index is 1330. The number of aromatic nitrogens is 2. The van der Waals surface area contributed by atoms with E-state index in [9.17, 15) is 9.90 Å². The Morgan fingerprint density at radius 2 is 1.72 bits per heavy atom. The average molecular weight is 426 g/mol. The number of aliphatic hydroxyl groups is 1. The number of nitrogens with zero attached hydrogens (tertiary/aromatic N) is 3. The first-order chi connectivity index (χ1) is 15.6. The van der Waals surface area contributed by atoms with Crippen LogP contribution in [0, 0.1) is 0 Å². The molecule has 1 fully saturated rings. The molecule has 1 aliphatic heterocycles. The van der Waals surface area contributed by atoms with Crippen molar-refractivity contribution in [3.63, 3.8) is 0 Å². The number of pyridine rings is 2. The molecule has 1 N–H and O–H groups in total. The molecule has 2 aromatic carbocycles. The highest BCUT2D eigenvalue weighted by Gasteiger charge is 2.32. The second-order valence-electron chi connectivity index (χ2n) is 8.73. The third-order valence-electron chi connectivity index (χ3n) is 6.81. The van der Waals surface area contributed by atoms with Crippen LogP contribution in [0.15, 0.2) is 77.9 Å². The number of hydrogen-bond acceptors (Lipinski definition) is 4. The molecule has 0 saturated carbocycles. The third kappa shape index (κ3) is 3.53. The second-order valence-corrected chi connectivity index (χ2v) is 8.73. The molecule has 2 aromatic heterocycles. The van der Waals surface area contributed by atoms with Crippen LogP contribution in [0.5, 0.6) is 0 Å². The van der Waals surface area contributed by atoms with Crippen molar-refractivity contribution in [2.24, 2.45) is 7.05 Å². The molecule has 0 radical (unpaired) electrons. The molecule has 1 aliphatic rings. The molecule has 1 saturated heterocycles. The molecular formula is C27H27N3O2. The van der Waals surface area contributed by atoms with Crippen molar-refractivity contribution in [1.29, 1.82) is 0 Å². The van der Waals surface area contributed by atoms with Gasteiger partial charge in [0.1, 0.15) is 0 Å². The first-order valence-electron chi connectivity index (χ1n) is 11.0. The van der Waals surface area contributed by atoms with Gasteiger partial charge in [0.15, 0.2) is 0 Å². The maximum Gasteiger partial charge on any atom is 0.259 e. The molecule has 32 heavy (non-hydrogen) atoms. The Morgan fingerprint density at radius 3 is 2.44 bits per heavy atom. The molecule has 162 valence electrons. The van der Waals surface area contributed by atoms with Gasteiger partial charge >= 0.3 is 0 Å². The summed E-state index contributed by atoms with van der Waals surface area (Å²) in [4.78, 5) is 20.1. The van der Waals surface area contributed by atoms with Crippen molar-refractivity contribution in [2.75, 3.05) is 20.2 Å². The van der Waals surface area contributed by atoms with Crippen molar-refractivity contribution >= 4 is 10.8 Å². The van der Waals surface area contributed by atoms with Gasteiger partial charge in [-0.1, -0.05) is 36.4 Å². The minimum absolute atomic E-state index is 0.000283. The Hall–Kier alpha value is -3.28. The normalized spacial score (nSPS) is 19.0. The van der Waals surface area contributed by atoms with Crippen molar-refractivity contribution < 1.29 is 5.11 Å². The summed E-state index contributed by atoms with van der Waals surface area (Å²) in [7, 11) is 3.90. The fourth-order valence-electron chi connectivity index (χ4n) is 5.00. The Labute approximate surface area is 187 Å². The van der Waals surface area contributed by atoms with Gasteiger partial charge in [-0.2, -0.15) is 0 Å². The highest BCUT2D eigenvalue weighted by Crippen LogP contribution is 2.36. The minimum Gasteiger partial charge on any atom is -0.395 e. The van der Waals surface area contributed by atoms with E-state index in [1.54, 1.807) is 17.0 Å². The number of fused-ring (bicyclic) bond motifs is 1. The Kier molecular flexibility index (Phi) is 5.37. The summed E-state index contributed by atoms with van der Waals surface area (Å²) in [6.07, 6.45) is 4.37. The van der Waals surface area contributed by atoms with E-state index in [1.165, 1.54) is 0 Å². The maximum atomic E-state index is 13.8. The zero-order valence-electron chi connectivity index (χ0n) is 18.4. The summed E-state index contributed by atoms with van der Waals surface area (Å²) in [6.45, 7) is 0.955. The quantitative estimate of drug-likeness (QED) is 0.536. The van der Waals surface area contributed by atoms with Crippen LogP contribution < -0.4 is 5.56 Å². The third-order valence-corrected chi connectivity index (χ3v) is 6.81. The van der Waals surface area contributed by atoms with Gasteiger partial charge in [0.2, 0.25) is 0 Å². The summed E-state index contributed by atoms with van der Waals surface area (Å²) < 4.78 is 1.80. The first kappa shape index (κ1) is 20.6. The van der Waals surface area contributed by atoms with Crippen molar-refractivity contribution in [2.45, 2.75) is 18.4 Å². The molecule has 0 amide bonds. The monoisotopic (exact) mass is 425 g/mol. The summed E-state index contributed by atoms with van der Waals surface area (Å²) in [5.41, 5.74) is 4.54. The second kappa shape index (κ2) is 8.34. The van der Waals surface area contributed by atoms with E-state index in [0.29, 0.717) is 5.56 Å². The van der Waals surface area contributed by atoms with Crippen molar-refractivity contribution in [3.8, 4) is 22.3 Å². The van der Waals surface area contributed by atoms with E-state index in [-0.39, 0.29) is 24.1 Å². The molecule has 3 heterocycles. The summed E-state index contributed by atoms with van der Waals surface area (Å²) in [6, 6.07) is 20.6. The van der Waals surface area contributed by atoms with Gasteiger partial charge in [-0.3, -0.25) is 9.78 Å². The van der Waals surface area contributed by atoms with Crippen LogP contribution in [-0.2, 0) is 7.05 Å². The van der Waals surface area contributed by atoms with Crippen molar-refractivity contribution in [3.05, 3.63) is 89.1 Å². The summed E-state index contributed by atoms with van der Waals surface area (Å²) in [5, 5.41) is 12.0. The molecule has 5 nitrogen and oxygen atoms in total. The molecule has 0 bridgehead atoms. The fraction of sp³-hybridized carbons (Fsp3) is 0.259.